The van der Waals surface area contributed by atoms with Gasteiger partial charge in [0.2, 0.25) is 5.85 Å². The number of piperazine rings is 1. The van der Waals surface area contributed by atoms with Gasteiger partial charge < -0.3 is 10.2 Å². The van der Waals surface area contributed by atoms with Crippen LogP contribution in [0, 0.1) is 0 Å². The molecule has 0 bridgehead atoms. The summed E-state index contributed by atoms with van der Waals surface area (Å²) in [5, 5.41) is 24.1. The molecule has 15 heavy (non-hydrogen) atoms. The summed E-state index contributed by atoms with van der Waals surface area (Å²) in [6.45, 7) is 5.86. The van der Waals surface area contributed by atoms with E-state index in [0.717, 1.165) is 13.1 Å². The topological polar surface area (TPSA) is 59.0 Å². The third-order valence-electron chi connectivity index (χ3n) is 3.43. The SMILES string of the molecule is CCNC1(O)N(C)CCN(C)C1(O)CC. The summed E-state index contributed by atoms with van der Waals surface area (Å²) in [6.07, 6.45) is 0.470. The van der Waals surface area contributed by atoms with Crippen LogP contribution in [0.1, 0.15) is 20.3 Å². The van der Waals surface area contributed by atoms with Crippen molar-refractivity contribution in [2.24, 2.45) is 0 Å². The van der Waals surface area contributed by atoms with Crippen molar-refractivity contribution in [3.8, 4) is 0 Å². The van der Waals surface area contributed by atoms with Gasteiger partial charge in [0.1, 0.15) is 0 Å². The minimum Gasteiger partial charge on any atom is -0.370 e. The zero-order valence-corrected chi connectivity index (χ0v) is 10.1. The standard InChI is InChI=1S/C10H23N3O2/c1-5-9(14)10(15,11-6-2)13(4)8-7-12(9)3/h11,14-15H,5-8H2,1-4H3. The van der Waals surface area contributed by atoms with E-state index in [1.807, 2.05) is 27.9 Å². The van der Waals surface area contributed by atoms with E-state index in [1.165, 1.54) is 0 Å². The van der Waals surface area contributed by atoms with Crippen LogP contribution in [0.4, 0.5) is 0 Å². The van der Waals surface area contributed by atoms with Gasteiger partial charge in [0, 0.05) is 13.1 Å². The Labute approximate surface area is 91.7 Å². The molecule has 5 nitrogen and oxygen atoms in total. The predicted octanol–water partition coefficient (Wildman–Crippen LogP) is -0.782. The summed E-state index contributed by atoms with van der Waals surface area (Å²) >= 11 is 0. The van der Waals surface area contributed by atoms with E-state index in [0.29, 0.717) is 13.0 Å². The highest BCUT2D eigenvalue weighted by Gasteiger charge is 2.55. The van der Waals surface area contributed by atoms with Gasteiger partial charge in [-0.2, -0.15) is 0 Å². The summed E-state index contributed by atoms with van der Waals surface area (Å²) in [4.78, 5) is 3.57. The first-order chi connectivity index (χ1) is 6.92. The molecule has 0 radical (unpaired) electrons. The quantitative estimate of drug-likeness (QED) is 0.541. The van der Waals surface area contributed by atoms with Crippen molar-refractivity contribution in [3.05, 3.63) is 0 Å². The van der Waals surface area contributed by atoms with Gasteiger partial charge in [-0.05, 0) is 27.1 Å². The highest BCUT2D eigenvalue weighted by atomic mass is 16.4. The minimum absolute atomic E-state index is 0.470. The molecule has 1 fully saturated rings. The molecule has 0 saturated carbocycles. The van der Waals surface area contributed by atoms with Gasteiger partial charge in [0.15, 0.2) is 5.72 Å². The summed E-state index contributed by atoms with van der Waals surface area (Å²) < 4.78 is 0. The molecular formula is C10H23N3O2. The van der Waals surface area contributed by atoms with Crippen molar-refractivity contribution in [2.75, 3.05) is 33.7 Å². The van der Waals surface area contributed by atoms with Crippen molar-refractivity contribution in [2.45, 2.75) is 31.8 Å². The number of likely N-dealkylation sites (N-methyl/N-ethyl adjacent to an activating group) is 3. The molecule has 1 saturated heterocycles. The lowest BCUT2D eigenvalue weighted by molar-refractivity contribution is -0.319. The van der Waals surface area contributed by atoms with E-state index in [-0.39, 0.29) is 0 Å². The van der Waals surface area contributed by atoms with Crippen molar-refractivity contribution in [1.29, 1.82) is 0 Å². The average Bonchev–Trinajstić information content (AvgIpc) is 2.22. The van der Waals surface area contributed by atoms with Crippen LogP contribution >= 0.6 is 0 Å². The van der Waals surface area contributed by atoms with Crippen LogP contribution in [0.15, 0.2) is 0 Å². The van der Waals surface area contributed by atoms with Gasteiger partial charge in [-0.15, -0.1) is 0 Å². The van der Waals surface area contributed by atoms with E-state index in [1.54, 1.807) is 9.80 Å². The fraction of sp³-hybridized carbons (Fsp3) is 1.00. The number of aliphatic hydroxyl groups is 2. The normalized spacial score (nSPS) is 39.6. The maximum atomic E-state index is 10.6. The van der Waals surface area contributed by atoms with E-state index in [2.05, 4.69) is 5.32 Å². The molecule has 1 aliphatic rings. The first-order valence-corrected chi connectivity index (χ1v) is 5.54. The molecule has 1 rings (SSSR count). The van der Waals surface area contributed by atoms with Crippen LogP contribution in [-0.2, 0) is 0 Å². The molecule has 3 N–H and O–H groups in total. The Morgan fingerprint density at radius 3 is 2.13 bits per heavy atom. The van der Waals surface area contributed by atoms with Crippen LogP contribution in [0.5, 0.6) is 0 Å². The maximum absolute atomic E-state index is 10.6. The number of hydrogen-bond donors (Lipinski definition) is 3. The molecule has 1 aliphatic heterocycles. The maximum Gasteiger partial charge on any atom is 0.218 e. The van der Waals surface area contributed by atoms with Gasteiger partial charge in [-0.25, -0.2) is 0 Å². The van der Waals surface area contributed by atoms with Gasteiger partial charge in [-0.1, -0.05) is 13.8 Å². The van der Waals surface area contributed by atoms with E-state index in [9.17, 15) is 10.2 Å². The Balaban J connectivity index is 3.03. The molecule has 0 amide bonds. The van der Waals surface area contributed by atoms with Crippen molar-refractivity contribution < 1.29 is 10.2 Å². The van der Waals surface area contributed by atoms with Gasteiger partial charge >= 0.3 is 0 Å². The number of nitrogens with zero attached hydrogens (tertiary/aromatic N) is 2. The van der Waals surface area contributed by atoms with Crippen LogP contribution in [0.25, 0.3) is 0 Å². The molecule has 0 aliphatic carbocycles. The zero-order valence-electron chi connectivity index (χ0n) is 10.1. The fourth-order valence-electron chi connectivity index (χ4n) is 2.26. The monoisotopic (exact) mass is 217 g/mol. The second-order valence-electron chi connectivity index (χ2n) is 4.22. The molecule has 2 atom stereocenters. The van der Waals surface area contributed by atoms with Gasteiger partial charge in [-0.3, -0.25) is 15.1 Å². The Kier molecular flexibility index (Phi) is 3.73. The van der Waals surface area contributed by atoms with Crippen LogP contribution in [0.3, 0.4) is 0 Å². The molecular weight excluding hydrogens is 194 g/mol. The molecule has 90 valence electrons. The summed E-state index contributed by atoms with van der Waals surface area (Å²) in [5.74, 6) is -1.37. The summed E-state index contributed by atoms with van der Waals surface area (Å²) in [5.41, 5.74) is -1.24. The Morgan fingerprint density at radius 1 is 1.13 bits per heavy atom. The fourth-order valence-corrected chi connectivity index (χ4v) is 2.26. The highest BCUT2D eigenvalue weighted by Crippen LogP contribution is 2.32. The molecule has 2 unspecified atom stereocenters. The Bertz CT molecular complexity index is 227. The van der Waals surface area contributed by atoms with E-state index in [4.69, 9.17) is 0 Å². The van der Waals surface area contributed by atoms with Gasteiger partial charge in [0.05, 0.1) is 0 Å². The number of rotatable bonds is 3. The van der Waals surface area contributed by atoms with Gasteiger partial charge in [0.25, 0.3) is 0 Å². The predicted molar refractivity (Wildman–Crippen MR) is 59.1 cm³/mol. The second kappa shape index (κ2) is 4.35. The largest absolute Gasteiger partial charge is 0.370 e. The Hall–Kier alpha value is -0.200. The average molecular weight is 217 g/mol. The molecule has 0 aromatic heterocycles. The number of hydrogen-bond acceptors (Lipinski definition) is 5. The van der Waals surface area contributed by atoms with E-state index >= 15 is 0 Å². The van der Waals surface area contributed by atoms with Crippen molar-refractivity contribution >= 4 is 0 Å². The molecule has 5 heteroatoms. The summed E-state index contributed by atoms with van der Waals surface area (Å²) in [7, 11) is 3.65. The summed E-state index contributed by atoms with van der Waals surface area (Å²) in [6, 6.07) is 0. The van der Waals surface area contributed by atoms with Crippen LogP contribution < -0.4 is 5.32 Å². The van der Waals surface area contributed by atoms with E-state index < -0.39 is 11.6 Å². The second-order valence-corrected chi connectivity index (χ2v) is 4.22. The van der Waals surface area contributed by atoms with Crippen molar-refractivity contribution in [3.63, 3.8) is 0 Å². The third kappa shape index (κ3) is 1.79. The first kappa shape index (κ1) is 12.9. The van der Waals surface area contributed by atoms with Crippen molar-refractivity contribution in [1.82, 2.24) is 15.1 Å². The third-order valence-corrected chi connectivity index (χ3v) is 3.43. The van der Waals surface area contributed by atoms with Crippen LogP contribution in [0.2, 0.25) is 0 Å². The minimum atomic E-state index is -1.37. The molecule has 0 aromatic carbocycles. The smallest absolute Gasteiger partial charge is 0.218 e. The molecule has 0 aromatic rings. The molecule has 0 spiro atoms. The Morgan fingerprint density at radius 2 is 1.67 bits per heavy atom. The highest BCUT2D eigenvalue weighted by molar-refractivity contribution is 4.98. The molecule has 1 heterocycles. The first-order valence-electron chi connectivity index (χ1n) is 5.54. The number of nitrogens with one attached hydrogen (secondary N) is 1. The van der Waals surface area contributed by atoms with Crippen LogP contribution in [-0.4, -0.2) is 65.3 Å². The zero-order chi connectivity index (χ0) is 11.7. The lowest BCUT2D eigenvalue weighted by Gasteiger charge is -2.56. The lowest BCUT2D eigenvalue weighted by Crippen LogP contribution is -2.79. The lowest BCUT2D eigenvalue weighted by atomic mass is 9.97.